The van der Waals surface area contributed by atoms with E-state index in [-0.39, 0.29) is 63.0 Å². The lowest BCUT2D eigenvalue weighted by Gasteiger charge is -2.19. The first-order valence-electron chi connectivity index (χ1n) is 12.7. The third-order valence-electron chi connectivity index (χ3n) is 6.70. The molecule has 7 nitrogen and oxygen atoms in total. The molecule has 0 fully saturated rings. The minimum absolute atomic E-state index is 0.00550. The smallest absolute Gasteiger partial charge is 0.418 e. The van der Waals surface area contributed by atoms with Gasteiger partial charge in [-0.05, 0) is 55.3 Å². The highest BCUT2D eigenvalue weighted by Crippen LogP contribution is 2.43. The molecule has 0 amide bonds. The third-order valence-corrected chi connectivity index (χ3v) is 6.70. The lowest BCUT2D eigenvalue weighted by molar-refractivity contribution is -0.138. The maximum Gasteiger partial charge on any atom is 0.418 e. The Hall–Kier alpha value is -5.31. The molecule has 0 bridgehead atoms. The van der Waals surface area contributed by atoms with Gasteiger partial charge in [0.2, 0.25) is 5.88 Å². The third kappa shape index (κ3) is 5.74. The first kappa shape index (κ1) is 29.2. The van der Waals surface area contributed by atoms with Gasteiger partial charge in [0.15, 0.2) is 17.3 Å². The van der Waals surface area contributed by atoms with Crippen molar-refractivity contribution in [1.29, 1.82) is 5.26 Å². The van der Waals surface area contributed by atoms with Gasteiger partial charge in [-0.15, -0.1) is 0 Å². The highest BCUT2D eigenvalue weighted by Gasteiger charge is 2.35. The Balaban J connectivity index is 1.70. The molecule has 218 valence electrons. The molecular formula is C31H21F5N4O3. The van der Waals surface area contributed by atoms with Crippen molar-refractivity contribution in [1.82, 2.24) is 15.0 Å². The summed E-state index contributed by atoms with van der Waals surface area (Å²) in [6.45, 7) is 2.52. The van der Waals surface area contributed by atoms with Crippen LogP contribution in [0.4, 0.5) is 22.0 Å². The van der Waals surface area contributed by atoms with Crippen molar-refractivity contribution in [2.45, 2.75) is 26.6 Å². The molecule has 0 atom stereocenters. The Morgan fingerprint density at radius 2 is 1.67 bits per heavy atom. The van der Waals surface area contributed by atoms with Crippen molar-refractivity contribution >= 4 is 10.9 Å². The Morgan fingerprint density at radius 3 is 2.35 bits per heavy atom. The molecule has 3 heterocycles. The van der Waals surface area contributed by atoms with E-state index in [4.69, 9.17) is 14.2 Å². The van der Waals surface area contributed by atoms with Crippen LogP contribution >= 0.6 is 0 Å². The number of rotatable bonds is 7. The molecule has 0 radical (unpaired) electrons. The van der Waals surface area contributed by atoms with Crippen LogP contribution in [-0.4, -0.2) is 22.1 Å². The molecule has 5 rings (SSSR count). The number of alkyl halides is 3. The normalized spacial score (nSPS) is 11.3. The summed E-state index contributed by atoms with van der Waals surface area (Å²) < 4.78 is 87.0. The topological polar surface area (TPSA) is 90.2 Å². The Bertz CT molecular complexity index is 1890. The van der Waals surface area contributed by atoms with E-state index in [0.29, 0.717) is 11.9 Å². The Kier molecular flexibility index (Phi) is 7.82. The van der Waals surface area contributed by atoms with E-state index >= 15 is 0 Å². The van der Waals surface area contributed by atoms with Gasteiger partial charge in [0.05, 0.1) is 34.8 Å². The van der Waals surface area contributed by atoms with Crippen molar-refractivity contribution < 1.29 is 36.2 Å². The van der Waals surface area contributed by atoms with E-state index in [0.717, 1.165) is 17.7 Å². The summed E-state index contributed by atoms with van der Waals surface area (Å²) in [4.78, 5) is 12.5. The fraction of sp³-hybridized carbons (Fsp3) is 0.161. The molecule has 0 saturated carbocycles. The van der Waals surface area contributed by atoms with Crippen LogP contribution in [-0.2, 0) is 12.8 Å². The van der Waals surface area contributed by atoms with Crippen LogP contribution in [0.5, 0.6) is 23.1 Å². The van der Waals surface area contributed by atoms with Gasteiger partial charge in [-0.1, -0.05) is 12.1 Å². The van der Waals surface area contributed by atoms with Crippen LogP contribution in [0.2, 0.25) is 0 Å². The molecular weight excluding hydrogens is 571 g/mol. The van der Waals surface area contributed by atoms with Gasteiger partial charge in [-0.2, -0.15) is 18.4 Å². The number of nitriles is 1. The zero-order valence-corrected chi connectivity index (χ0v) is 22.9. The molecule has 5 aromatic rings. The summed E-state index contributed by atoms with van der Waals surface area (Å²) in [7, 11) is 1.53. The van der Waals surface area contributed by atoms with E-state index in [2.05, 4.69) is 15.0 Å². The zero-order chi connectivity index (χ0) is 30.9. The summed E-state index contributed by atoms with van der Waals surface area (Å²) in [5.74, 6) is -2.02. The molecule has 0 spiro atoms. The summed E-state index contributed by atoms with van der Waals surface area (Å²) in [6.07, 6.45) is -2.84. The van der Waals surface area contributed by atoms with E-state index in [1.165, 1.54) is 39.3 Å². The number of fused-ring (bicyclic) bond motifs is 1. The van der Waals surface area contributed by atoms with Crippen molar-refractivity contribution in [2.24, 2.45) is 0 Å². The quantitative estimate of drug-likeness (QED) is 0.178. The van der Waals surface area contributed by atoms with E-state index < -0.39 is 23.4 Å². The number of benzene rings is 2. The van der Waals surface area contributed by atoms with Gasteiger partial charge in [0.25, 0.3) is 0 Å². The molecule has 0 aliphatic carbocycles. The van der Waals surface area contributed by atoms with Gasteiger partial charge in [-0.25, -0.2) is 23.7 Å². The van der Waals surface area contributed by atoms with E-state index in [1.54, 1.807) is 24.3 Å². The van der Waals surface area contributed by atoms with Gasteiger partial charge < -0.3 is 14.2 Å². The number of pyridine rings is 3. The number of hydrogen-bond donors (Lipinski definition) is 0. The van der Waals surface area contributed by atoms with Gasteiger partial charge in [0, 0.05) is 24.0 Å². The number of methoxy groups -OCH3 is 1. The average Bonchev–Trinajstić information content (AvgIpc) is 2.99. The van der Waals surface area contributed by atoms with Crippen LogP contribution in [0.25, 0.3) is 22.2 Å². The first-order chi connectivity index (χ1) is 20.5. The molecule has 12 heteroatoms. The first-order valence-corrected chi connectivity index (χ1v) is 12.7. The summed E-state index contributed by atoms with van der Waals surface area (Å²) >= 11 is 0. The summed E-state index contributed by atoms with van der Waals surface area (Å²) in [5, 5.41) is 9.96. The molecule has 3 aromatic heterocycles. The maximum absolute atomic E-state index is 14.3. The van der Waals surface area contributed by atoms with E-state index in [9.17, 15) is 27.2 Å². The monoisotopic (exact) mass is 592 g/mol. The van der Waals surface area contributed by atoms with Crippen LogP contribution in [0.3, 0.4) is 0 Å². The van der Waals surface area contributed by atoms with Crippen molar-refractivity contribution in [3.05, 3.63) is 101 Å². The summed E-state index contributed by atoms with van der Waals surface area (Å²) in [5.41, 5.74) is -0.777. The standard InChI is InChI=1S/C31H21F5N4O3/c1-16-20(31(34,35)36)14-39-30(43-25-9-8-21(32)29(33)17(25)2)27(16)23-12-26(28-22(40-23)10-11-38-24(28)13-37)42-15-18-4-6-19(41-3)7-5-18/h4-12,14H,15H2,1-3H3. The molecule has 0 aliphatic heterocycles. The van der Waals surface area contributed by atoms with Gasteiger partial charge in [-0.3, -0.25) is 0 Å². The molecule has 0 saturated heterocycles. The second kappa shape index (κ2) is 11.5. The minimum atomic E-state index is -4.77. The predicted octanol–water partition coefficient (Wildman–Crippen LogP) is 7.86. The van der Waals surface area contributed by atoms with Crippen LogP contribution in [0.15, 0.2) is 60.9 Å². The van der Waals surface area contributed by atoms with Gasteiger partial charge >= 0.3 is 6.18 Å². The lowest BCUT2D eigenvalue weighted by atomic mass is 10.0. The van der Waals surface area contributed by atoms with Crippen LogP contribution < -0.4 is 14.2 Å². The molecule has 0 N–H and O–H groups in total. The largest absolute Gasteiger partial charge is 0.497 e. The highest BCUT2D eigenvalue weighted by molar-refractivity contribution is 5.92. The average molecular weight is 593 g/mol. The number of ether oxygens (including phenoxy) is 3. The second-order valence-electron chi connectivity index (χ2n) is 9.37. The molecule has 2 aromatic carbocycles. The number of aromatic nitrogens is 3. The van der Waals surface area contributed by atoms with Crippen molar-refractivity contribution in [3.8, 4) is 40.5 Å². The zero-order valence-electron chi connectivity index (χ0n) is 22.9. The van der Waals surface area contributed by atoms with Gasteiger partial charge in [0.1, 0.15) is 29.9 Å². The SMILES string of the molecule is COc1ccc(COc2cc(-c3c(Oc4ccc(F)c(F)c4C)ncc(C(F)(F)F)c3C)nc3ccnc(C#N)c23)cc1. The Morgan fingerprint density at radius 1 is 0.930 bits per heavy atom. The fourth-order valence-corrected chi connectivity index (χ4v) is 4.45. The number of halogens is 5. The van der Waals surface area contributed by atoms with E-state index in [1.807, 2.05) is 6.07 Å². The van der Waals surface area contributed by atoms with Crippen molar-refractivity contribution in [3.63, 3.8) is 0 Å². The maximum atomic E-state index is 14.3. The highest BCUT2D eigenvalue weighted by atomic mass is 19.4. The molecule has 43 heavy (non-hydrogen) atoms. The fourth-order valence-electron chi connectivity index (χ4n) is 4.45. The molecule has 0 unspecified atom stereocenters. The van der Waals surface area contributed by atoms with Crippen molar-refractivity contribution in [2.75, 3.05) is 7.11 Å². The Labute approximate surface area is 242 Å². The lowest BCUT2D eigenvalue weighted by Crippen LogP contribution is -2.11. The number of nitrogens with zero attached hydrogens (tertiary/aromatic N) is 4. The van der Waals surface area contributed by atoms with Crippen LogP contribution in [0, 0.1) is 36.8 Å². The molecule has 0 aliphatic rings. The minimum Gasteiger partial charge on any atom is -0.497 e. The predicted molar refractivity (Wildman–Crippen MR) is 146 cm³/mol. The second-order valence-corrected chi connectivity index (χ2v) is 9.37. The summed E-state index contributed by atoms with van der Waals surface area (Å²) in [6, 6.07) is 13.8. The van der Waals surface area contributed by atoms with Crippen LogP contribution in [0.1, 0.15) is 27.9 Å². The number of hydrogen-bond acceptors (Lipinski definition) is 7.